The van der Waals surface area contributed by atoms with Crippen LogP contribution in [0.2, 0.25) is 10.0 Å². The minimum atomic E-state index is -0.319. The van der Waals surface area contributed by atoms with Crippen molar-refractivity contribution in [1.82, 2.24) is 5.16 Å². The van der Waals surface area contributed by atoms with Crippen molar-refractivity contribution in [2.24, 2.45) is 0 Å². The maximum atomic E-state index is 12.6. The van der Waals surface area contributed by atoms with Crippen LogP contribution in [-0.4, -0.2) is 11.1 Å². The summed E-state index contributed by atoms with van der Waals surface area (Å²) in [4.78, 5) is 12.6. The van der Waals surface area contributed by atoms with Gasteiger partial charge in [0.2, 0.25) is 0 Å². The van der Waals surface area contributed by atoms with Crippen molar-refractivity contribution in [3.63, 3.8) is 0 Å². The summed E-state index contributed by atoms with van der Waals surface area (Å²) < 4.78 is 5.19. The van der Waals surface area contributed by atoms with Crippen LogP contribution < -0.4 is 5.32 Å². The molecule has 0 atom stereocenters. The smallest absolute Gasteiger partial charge is 0.261 e. The van der Waals surface area contributed by atoms with Crippen LogP contribution in [0.3, 0.4) is 0 Å². The van der Waals surface area contributed by atoms with Gasteiger partial charge in [-0.15, -0.1) is 0 Å². The van der Waals surface area contributed by atoms with Crippen LogP contribution in [-0.2, 0) is 0 Å². The van der Waals surface area contributed by atoms with E-state index in [1.807, 2.05) is 30.3 Å². The van der Waals surface area contributed by atoms with Crippen molar-refractivity contribution in [1.29, 1.82) is 0 Å². The summed E-state index contributed by atoms with van der Waals surface area (Å²) in [6, 6.07) is 14.3. The summed E-state index contributed by atoms with van der Waals surface area (Å²) in [7, 11) is 0. The molecule has 0 spiro atoms. The molecule has 0 aliphatic heterocycles. The molecule has 0 aliphatic rings. The number of amides is 1. The van der Waals surface area contributed by atoms with Gasteiger partial charge < -0.3 is 9.84 Å². The Balaban J connectivity index is 1.94. The molecule has 2 aromatic carbocycles. The Morgan fingerprint density at radius 3 is 2.52 bits per heavy atom. The molecule has 1 aromatic heterocycles. The van der Waals surface area contributed by atoms with E-state index in [0.29, 0.717) is 32.8 Å². The molecule has 0 unspecified atom stereocenters. The SMILES string of the molecule is Cc1onc(-c2ccccc2)c1C(=O)Nc1ccc(Cl)c(Cl)c1. The largest absolute Gasteiger partial charge is 0.360 e. The fourth-order valence-corrected chi connectivity index (χ4v) is 2.50. The number of carbonyl (C=O) groups excluding carboxylic acids is 1. The van der Waals surface area contributed by atoms with Gasteiger partial charge in [0.1, 0.15) is 17.0 Å². The molecule has 0 radical (unpaired) electrons. The highest BCUT2D eigenvalue weighted by Gasteiger charge is 2.21. The van der Waals surface area contributed by atoms with Crippen molar-refractivity contribution in [2.75, 3.05) is 5.32 Å². The molecule has 0 fully saturated rings. The molecule has 0 bridgehead atoms. The molecule has 6 heteroatoms. The highest BCUT2D eigenvalue weighted by atomic mass is 35.5. The van der Waals surface area contributed by atoms with Gasteiger partial charge >= 0.3 is 0 Å². The standard InChI is InChI=1S/C17H12Cl2N2O2/c1-10-15(16(21-23-10)11-5-3-2-4-6-11)17(22)20-12-7-8-13(18)14(19)9-12/h2-9H,1H3,(H,20,22). The first-order valence-electron chi connectivity index (χ1n) is 6.84. The number of nitrogens with one attached hydrogen (secondary N) is 1. The third kappa shape index (κ3) is 3.23. The minimum Gasteiger partial charge on any atom is -0.360 e. The van der Waals surface area contributed by atoms with E-state index in [4.69, 9.17) is 27.7 Å². The molecular formula is C17H12Cl2N2O2. The van der Waals surface area contributed by atoms with E-state index in [1.165, 1.54) is 0 Å². The van der Waals surface area contributed by atoms with Gasteiger partial charge in [0, 0.05) is 11.3 Å². The number of halogens is 2. The van der Waals surface area contributed by atoms with Crippen LogP contribution in [0, 0.1) is 6.92 Å². The van der Waals surface area contributed by atoms with Crippen LogP contribution in [0.15, 0.2) is 53.1 Å². The lowest BCUT2D eigenvalue weighted by Crippen LogP contribution is -2.13. The zero-order valence-corrected chi connectivity index (χ0v) is 13.7. The Bertz CT molecular complexity index is 860. The number of benzene rings is 2. The molecule has 0 saturated carbocycles. The lowest BCUT2D eigenvalue weighted by molar-refractivity contribution is 0.102. The Morgan fingerprint density at radius 2 is 1.83 bits per heavy atom. The molecule has 3 aromatic rings. The van der Waals surface area contributed by atoms with Crippen molar-refractivity contribution in [3.05, 3.63) is 69.9 Å². The second-order valence-electron chi connectivity index (χ2n) is 4.91. The summed E-state index contributed by atoms with van der Waals surface area (Å²) in [6.07, 6.45) is 0. The maximum absolute atomic E-state index is 12.6. The number of nitrogens with zero attached hydrogens (tertiary/aromatic N) is 1. The van der Waals surface area contributed by atoms with E-state index < -0.39 is 0 Å². The summed E-state index contributed by atoms with van der Waals surface area (Å²) >= 11 is 11.8. The van der Waals surface area contributed by atoms with Gasteiger partial charge in [-0.3, -0.25) is 4.79 Å². The molecular weight excluding hydrogens is 335 g/mol. The van der Waals surface area contributed by atoms with Crippen molar-refractivity contribution in [3.8, 4) is 11.3 Å². The fourth-order valence-electron chi connectivity index (χ4n) is 2.20. The Morgan fingerprint density at radius 1 is 1.09 bits per heavy atom. The number of aromatic nitrogens is 1. The lowest BCUT2D eigenvalue weighted by atomic mass is 10.1. The van der Waals surface area contributed by atoms with Gasteiger partial charge in [-0.05, 0) is 25.1 Å². The normalized spacial score (nSPS) is 10.6. The van der Waals surface area contributed by atoms with Gasteiger partial charge in [-0.1, -0.05) is 58.7 Å². The van der Waals surface area contributed by atoms with E-state index in [2.05, 4.69) is 10.5 Å². The Labute approximate surface area is 143 Å². The fraction of sp³-hybridized carbons (Fsp3) is 0.0588. The number of hydrogen-bond donors (Lipinski definition) is 1. The second-order valence-corrected chi connectivity index (χ2v) is 5.73. The van der Waals surface area contributed by atoms with Gasteiger partial charge in [0.05, 0.1) is 10.0 Å². The third-order valence-corrected chi connectivity index (χ3v) is 4.05. The Kier molecular flexibility index (Phi) is 4.37. The first kappa shape index (κ1) is 15.6. The van der Waals surface area contributed by atoms with Crippen molar-refractivity contribution in [2.45, 2.75) is 6.92 Å². The van der Waals surface area contributed by atoms with E-state index in [0.717, 1.165) is 5.56 Å². The number of carbonyl (C=O) groups is 1. The zero-order chi connectivity index (χ0) is 16.4. The Hall–Kier alpha value is -2.30. The molecule has 1 amide bonds. The zero-order valence-electron chi connectivity index (χ0n) is 12.1. The molecule has 1 N–H and O–H groups in total. The van der Waals surface area contributed by atoms with E-state index in [-0.39, 0.29) is 5.91 Å². The van der Waals surface area contributed by atoms with Crippen LogP contribution in [0.25, 0.3) is 11.3 Å². The van der Waals surface area contributed by atoms with Crippen LogP contribution in [0.4, 0.5) is 5.69 Å². The summed E-state index contributed by atoms with van der Waals surface area (Å²) in [5, 5.41) is 7.58. The number of aryl methyl sites for hydroxylation is 1. The predicted molar refractivity (Wildman–Crippen MR) is 91.1 cm³/mol. The van der Waals surface area contributed by atoms with Gasteiger partial charge in [-0.25, -0.2) is 0 Å². The molecule has 3 rings (SSSR count). The van der Waals surface area contributed by atoms with Crippen LogP contribution >= 0.6 is 23.2 Å². The highest BCUT2D eigenvalue weighted by molar-refractivity contribution is 6.42. The van der Waals surface area contributed by atoms with E-state index in [9.17, 15) is 4.79 Å². The first-order valence-corrected chi connectivity index (χ1v) is 7.60. The molecule has 23 heavy (non-hydrogen) atoms. The lowest BCUT2D eigenvalue weighted by Gasteiger charge is -2.07. The predicted octanol–water partition coefficient (Wildman–Crippen LogP) is 5.21. The van der Waals surface area contributed by atoms with Gasteiger partial charge in [0.25, 0.3) is 5.91 Å². The summed E-state index contributed by atoms with van der Waals surface area (Å²) in [5.74, 6) is 0.127. The average molecular weight is 347 g/mol. The van der Waals surface area contributed by atoms with Crippen molar-refractivity contribution >= 4 is 34.8 Å². The monoisotopic (exact) mass is 346 g/mol. The first-order chi connectivity index (χ1) is 11.1. The quantitative estimate of drug-likeness (QED) is 0.708. The van der Waals surface area contributed by atoms with Crippen LogP contribution in [0.1, 0.15) is 16.1 Å². The minimum absolute atomic E-state index is 0.319. The summed E-state index contributed by atoms with van der Waals surface area (Å²) in [5.41, 5.74) is 2.25. The van der Waals surface area contributed by atoms with E-state index >= 15 is 0 Å². The molecule has 1 heterocycles. The maximum Gasteiger partial charge on any atom is 0.261 e. The van der Waals surface area contributed by atoms with Crippen molar-refractivity contribution < 1.29 is 9.32 Å². The average Bonchev–Trinajstić information content (AvgIpc) is 2.93. The van der Waals surface area contributed by atoms with Gasteiger partial charge in [-0.2, -0.15) is 0 Å². The number of anilines is 1. The van der Waals surface area contributed by atoms with Gasteiger partial charge in [0.15, 0.2) is 0 Å². The number of rotatable bonds is 3. The van der Waals surface area contributed by atoms with Crippen LogP contribution in [0.5, 0.6) is 0 Å². The second kappa shape index (κ2) is 6.44. The molecule has 116 valence electrons. The third-order valence-electron chi connectivity index (χ3n) is 3.31. The topological polar surface area (TPSA) is 55.1 Å². The summed E-state index contributed by atoms with van der Waals surface area (Å²) in [6.45, 7) is 1.70. The number of hydrogen-bond acceptors (Lipinski definition) is 3. The van der Waals surface area contributed by atoms with E-state index in [1.54, 1.807) is 25.1 Å². The molecule has 0 saturated heterocycles. The molecule has 0 aliphatic carbocycles. The highest BCUT2D eigenvalue weighted by Crippen LogP contribution is 2.28. The molecule has 4 nitrogen and oxygen atoms in total.